The van der Waals surface area contributed by atoms with E-state index in [1.807, 2.05) is 24.3 Å². The smallest absolute Gasteiger partial charge is 0.383 e. The summed E-state index contributed by atoms with van der Waals surface area (Å²) in [6, 6.07) is 28.3. The molecular weight excluding hydrogens is 588 g/mol. The van der Waals surface area contributed by atoms with Crippen LogP contribution in [0, 0.1) is 0 Å². The van der Waals surface area contributed by atoms with Gasteiger partial charge < -0.3 is 9.47 Å². The first-order chi connectivity index (χ1) is 17.5. The third kappa shape index (κ3) is 3.56. The van der Waals surface area contributed by atoms with Crippen LogP contribution in [0.2, 0.25) is 0 Å². The van der Waals surface area contributed by atoms with E-state index in [1.165, 1.54) is 0 Å². The Hall–Kier alpha value is -3.75. The molecule has 0 bridgehead atoms. The lowest BCUT2D eigenvalue weighted by Gasteiger charge is -2.43. The van der Waals surface area contributed by atoms with Crippen molar-refractivity contribution in [3.8, 4) is 11.5 Å². The Morgan fingerprint density at radius 2 is 1.44 bits per heavy atom. The van der Waals surface area contributed by atoms with Crippen molar-refractivity contribution in [2.75, 3.05) is 4.90 Å². The summed E-state index contributed by atoms with van der Waals surface area (Å²) in [6.07, 6.45) is 0. The van der Waals surface area contributed by atoms with Crippen LogP contribution in [0.4, 0.5) is 11.4 Å². The Bertz CT molecular complexity index is 1560. The predicted molar refractivity (Wildman–Crippen MR) is 143 cm³/mol. The zero-order chi connectivity index (χ0) is 24.9. The van der Waals surface area contributed by atoms with Gasteiger partial charge in [0.25, 0.3) is 0 Å². The number of hydrogen-bond acceptors (Lipinski definition) is 6. The van der Waals surface area contributed by atoms with E-state index in [4.69, 9.17) is 9.47 Å². The molecule has 8 heteroatoms. The maximum atomic E-state index is 14.3. The van der Waals surface area contributed by atoms with Gasteiger partial charge in [-0.05, 0) is 60.7 Å². The molecule has 0 N–H and O–H groups in total. The number of ketones is 1. The molecule has 6 rings (SSSR count). The molecule has 0 spiro atoms. The number of ether oxygens (including phenoxy) is 2. The Labute approximate surface area is 223 Å². The van der Waals surface area contributed by atoms with Gasteiger partial charge in [-0.15, -0.1) is 0 Å². The number of carbonyl (C=O) groups is 2. The monoisotopic (exact) mass is 602 g/mol. The van der Waals surface area contributed by atoms with Gasteiger partial charge in [-0.3, -0.25) is 9.69 Å². The molecule has 0 saturated heterocycles. The van der Waals surface area contributed by atoms with Crippen molar-refractivity contribution < 1.29 is 19.1 Å². The number of Topliss-reactive ketones (excluding diaryl/α,β-unsaturated/α-hetero) is 1. The van der Waals surface area contributed by atoms with E-state index in [1.54, 1.807) is 77.7 Å². The molecule has 0 fully saturated rings. The predicted octanol–water partition coefficient (Wildman–Crippen LogP) is 6.80. The van der Waals surface area contributed by atoms with Crippen LogP contribution in [0.5, 0.6) is 11.5 Å². The largest absolute Gasteiger partial charge is 0.452 e. The highest BCUT2D eigenvalue weighted by Gasteiger charge is 2.60. The van der Waals surface area contributed by atoms with Crippen LogP contribution < -0.4 is 14.4 Å². The molecule has 2 aliphatic rings. The Balaban J connectivity index is 1.65. The van der Waals surface area contributed by atoms with Crippen LogP contribution in [-0.2, 0) is 10.5 Å². The molecule has 0 saturated carbocycles. The van der Waals surface area contributed by atoms with E-state index in [9.17, 15) is 9.59 Å². The zero-order valence-electron chi connectivity index (χ0n) is 18.5. The van der Waals surface area contributed by atoms with Gasteiger partial charge >= 0.3 is 11.7 Å². The van der Waals surface area contributed by atoms with E-state index < -0.39 is 11.7 Å². The number of anilines is 1. The van der Waals surface area contributed by atoms with Gasteiger partial charge in [-0.2, -0.15) is 0 Å². The highest BCUT2D eigenvalue weighted by Crippen LogP contribution is 2.49. The zero-order valence-corrected chi connectivity index (χ0v) is 21.7. The lowest BCUT2D eigenvalue weighted by atomic mass is 9.96. The van der Waals surface area contributed by atoms with Gasteiger partial charge in [0.2, 0.25) is 5.78 Å². The van der Waals surface area contributed by atoms with Crippen LogP contribution in [-0.4, -0.2) is 17.6 Å². The highest BCUT2D eigenvalue weighted by atomic mass is 79.9. The summed E-state index contributed by atoms with van der Waals surface area (Å²) < 4.78 is 14.0. The SMILES string of the molecule is O=C1C2=Nc3ccc(Br)cc3C(Oc3ccccc3)(C(=O)Oc3ccccc3)N2c2ccc(Br)cc21. The van der Waals surface area contributed by atoms with E-state index in [0.29, 0.717) is 34.0 Å². The lowest BCUT2D eigenvalue weighted by Crippen LogP contribution is -2.61. The quantitative estimate of drug-likeness (QED) is 0.190. The number of rotatable bonds is 4. The summed E-state index contributed by atoms with van der Waals surface area (Å²) in [5, 5.41) is 0. The second-order valence-corrected chi connectivity index (χ2v) is 10.0. The summed E-state index contributed by atoms with van der Waals surface area (Å²) in [7, 11) is 0. The van der Waals surface area contributed by atoms with Crippen molar-refractivity contribution >= 4 is 60.8 Å². The van der Waals surface area contributed by atoms with Crippen molar-refractivity contribution in [3.05, 3.63) is 117 Å². The van der Waals surface area contributed by atoms with E-state index in [-0.39, 0.29) is 11.6 Å². The topological polar surface area (TPSA) is 68.2 Å². The minimum atomic E-state index is -1.89. The van der Waals surface area contributed by atoms with Crippen molar-refractivity contribution in [1.82, 2.24) is 0 Å². The Morgan fingerprint density at radius 3 is 2.17 bits per heavy atom. The van der Waals surface area contributed by atoms with Crippen molar-refractivity contribution in [2.45, 2.75) is 5.72 Å². The number of halogens is 2. The van der Waals surface area contributed by atoms with Crippen LogP contribution in [0.25, 0.3) is 0 Å². The molecule has 36 heavy (non-hydrogen) atoms. The van der Waals surface area contributed by atoms with E-state index >= 15 is 0 Å². The molecule has 2 heterocycles. The summed E-state index contributed by atoms with van der Waals surface area (Å²) in [6.45, 7) is 0. The van der Waals surface area contributed by atoms with Crippen LogP contribution in [0.1, 0.15) is 15.9 Å². The van der Waals surface area contributed by atoms with E-state index in [0.717, 1.165) is 8.95 Å². The number of aliphatic imine (C=N–C) groups is 1. The lowest BCUT2D eigenvalue weighted by molar-refractivity contribution is -0.152. The molecule has 0 aromatic heterocycles. The van der Waals surface area contributed by atoms with Gasteiger partial charge in [0, 0.05) is 8.95 Å². The Morgan fingerprint density at radius 1 is 0.806 bits per heavy atom. The van der Waals surface area contributed by atoms with Crippen LogP contribution in [0.15, 0.2) is 111 Å². The molecule has 6 nitrogen and oxygen atoms in total. The van der Waals surface area contributed by atoms with Gasteiger partial charge in [0.05, 0.1) is 22.5 Å². The number of fused-ring (bicyclic) bond motifs is 4. The number of nitrogens with zero attached hydrogens (tertiary/aromatic N) is 2. The van der Waals surface area contributed by atoms with E-state index in [2.05, 4.69) is 36.9 Å². The molecule has 0 radical (unpaired) electrons. The van der Waals surface area contributed by atoms with Crippen LogP contribution >= 0.6 is 31.9 Å². The Kier molecular flexibility index (Phi) is 5.50. The summed E-state index contributed by atoms with van der Waals surface area (Å²) in [4.78, 5) is 34.1. The number of carbonyl (C=O) groups excluding carboxylic acids is 2. The maximum absolute atomic E-state index is 14.3. The fourth-order valence-electron chi connectivity index (χ4n) is 4.42. The number of esters is 1. The van der Waals surface area contributed by atoms with Crippen molar-refractivity contribution in [1.29, 1.82) is 0 Å². The molecule has 0 amide bonds. The molecule has 4 aromatic rings. The molecule has 0 aliphatic carbocycles. The van der Waals surface area contributed by atoms with Gasteiger partial charge in [-0.1, -0.05) is 68.3 Å². The number of benzene rings is 4. The molecule has 2 aliphatic heterocycles. The van der Waals surface area contributed by atoms with Gasteiger partial charge in [0.1, 0.15) is 11.5 Å². The molecule has 1 atom stereocenters. The van der Waals surface area contributed by atoms with Gasteiger partial charge in [0.15, 0.2) is 5.84 Å². The average molecular weight is 604 g/mol. The number of para-hydroxylation sites is 2. The second-order valence-electron chi connectivity index (χ2n) is 8.18. The van der Waals surface area contributed by atoms with Gasteiger partial charge in [-0.25, -0.2) is 9.79 Å². The first-order valence-electron chi connectivity index (χ1n) is 11.0. The normalized spacial score (nSPS) is 17.6. The first-order valence-corrected chi connectivity index (χ1v) is 12.6. The first kappa shape index (κ1) is 22.7. The third-order valence-electron chi connectivity index (χ3n) is 5.96. The molecule has 4 aromatic carbocycles. The third-order valence-corrected chi connectivity index (χ3v) is 6.95. The van der Waals surface area contributed by atoms with Crippen LogP contribution in [0.3, 0.4) is 0 Å². The number of hydrogen-bond donors (Lipinski definition) is 0. The molecule has 1 unspecified atom stereocenters. The summed E-state index contributed by atoms with van der Waals surface area (Å²) >= 11 is 6.97. The summed E-state index contributed by atoms with van der Waals surface area (Å²) in [5.74, 6) is -0.173. The molecule has 176 valence electrons. The second kappa shape index (κ2) is 8.72. The highest BCUT2D eigenvalue weighted by molar-refractivity contribution is 9.10. The minimum absolute atomic E-state index is 0.0823. The standard InChI is InChI=1S/C28H16Br2N2O4/c29-17-12-14-24-21(15-17)25(33)26-31-23-13-11-18(30)16-22(23)28(32(24)26,36-20-9-5-2-6-10-20)27(34)35-19-7-3-1-4-8-19/h1-16H. The van der Waals surface area contributed by atoms with Crippen molar-refractivity contribution in [3.63, 3.8) is 0 Å². The fraction of sp³-hybridized carbons (Fsp3) is 0.0357. The molecular formula is C28H16Br2N2O4. The fourth-order valence-corrected chi connectivity index (χ4v) is 5.14. The number of amidine groups is 1. The minimum Gasteiger partial charge on any atom is -0.452 e. The maximum Gasteiger partial charge on any atom is 0.383 e. The summed E-state index contributed by atoms with van der Waals surface area (Å²) in [5.41, 5.74) is -0.112. The average Bonchev–Trinajstić information content (AvgIpc) is 3.16. The van der Waals surface area contributed by atoms with Crippen molar-refractivity contribution in [2.24, 2.45) is 4.99 Å².